The van der Waals surface area contributed by atoms with Crippen LogP contribution < -0.4 is 18.9 Å². The van der Waals surface area contributed by atoms with E-state index in [0.717, 1.165) is 89.6 Å². The zero-order valence-electron chi connectivity index (χ0n) is 35.4. The van der Waals surface area contributed by atoms with Crippen molar-refractivity contribution >= 4 is 45.4 Å². The van der Waals surface area contributed by atoms with Gasteiger partial charge in [-0.25, -0.2) is 19.2 Å². The predicted molar refractivity (Wildman–Crippen MR) is 235 cm³/mol. The van der Waals surface area contributed by atoms with E-state index < -0.39 is 47.1 Å². The average Bonchev–Trinajstić information content (AvgIpc) is 3.49. The van der Waals surface area contributed by atoms with E-state index in [1.54, 1.807) is 36.4 Å². The molecule has 1 heterocycles. The third-order valence-electron chi connectivity index (χ3n) is 9.97. The first-order valence-corrected chi connectivity index (χ1v) is 21.0. The molecule has 0 fully saturated rings. The van der Waals surface area contributed by atoms with Crippen molar-refractivity contribution in [2.24, 2.45) is 5.92 Å². The number of aromatic hydroxyl groups is 2. The molecule has 0 saturated carbocycles. The number of hydrogen-bond acceptors (Lipinski definition) is 12. The van der Waals surface area contributed by atoms with Gasteiger partial charge in [0.15, 0.2) is 0 Å². The van der Waals surface area contributed by atoms with Crippen LogP contribution in [0.3, 0.4) is 0 Å². The summed E-state index contributed by atoms with van der Waals surface area (Å²) in [4.78, 5) is 49.4. The Labute approximate surface area is 361 Å². The fraction of sp³-hybridized carbons (Fsp3) is 0.347. The lowest BCUT2D eigenvalue weighted by atomic mass is 10.1. The van der Waals surface area contributed by atoms with Crippen molar-refractivity contribution in [3.8, 4) is 34.8 Å². The number of carbonyl (C=O) groups excluding carboxylic acids is 4. The molecular formula is C49H55NO12. The summed E-state index contributed by atoms with van der Waals surface area (Å²) >= 11 is 0. The first kappa shape index (κ1) is 46.3. The number of aromatic nitrogens is 1. The van der Waals surface area contributed by atoms with Gasteiger partial charge in [-0.1, -0.05) is 51.3 Å². The summed E-state index contributed by atoms with van der Waals surface area (Å²) < 4.78 is 34.4. The van der Waals surface area contributed by atoms with Crippen LogP contribution in [-0.4, -0.2) is 65.1 Å². The average molecular weight is 850 g/mol. The molecule has 0 aliphatic carbocycles. The number of carbonyl (C=O) groups is 4. The van der Waals surface area contributed by atoms with E-state index in [9.17, 15) is 29.4 Å². The van der Waals surface area contributed by atoms with Gasteiger partial charge in [-0.3, -0.25) is 4.57 Å². The molecule has 62 heavy (non-hydrogen) atoms. The monoisotopic (exact) mass is 849 g/mol. The molecule has 1 aromatic heterocycles. The third-order valence-corrected chi connectivity index (χ3v) is 9.97. The van der Waals surface area contributed by atoms with Crippen LogP contribution in [0.2, 0.25) is 0 Å². The van der Waals surface area contributed by atoms with Crippen LogP contribution in [0.5, 0.6) is 34.8 Å². The van der Waals surface area contributed by atoms with E-state index in [1.807, 2.05) is 50.2 Å². The molecule has 5 rings (SSSR count). The number of rotatable bonds is 25. The van der Waals surface area contributed by atoms with Gasteiger partial charge in [-0.05, 0) is 134 Å². The summed E-state index contributed by atoms with van der Waals surface area (Å²) in [5.74, 6) is -3.03. The zero-order valence-corrected chi connectivity index (χ0v) is 35.4. The van der Waals surface area contributed by atoms with Gasteiger partial charge in [0, 0.05) is 18.7 Å². The summed E-state index contributed by atoms with van der Waals surface area (Å²) in [5, 5.41) is 25.6. The van der Waals surface area contributed by atoms with Gasteiger partial charge in [0.05, 0.1) is 37.6 Å². The Morgan fingerprint density at radius 2 is 0.952 bits per heavy atom. The smallest absolute Gasteiger partial charge is 0.343 e. The van der Waals surface area contributed by atoms with Crippen molar-refractivity contribution in [1.82, 2.24) is 4.57 Å². The van der Waals surface area contributed by atoms with Gasteiger partial charge in [-0.15, -0.1) is 0 Å². The first-order valence-electron chi connectivity index (χ1n) is 21.0. The second kappa shape index (κ2) is 23.3. The zero-order chi connectivity index (χ0) is 44.4. The van der Waals surface area contributed by atoms with Crippen LogP contribution in [-0.2, 0) is 25.6 Å². The van der Waals surface area contributed by atoms with E-state index in [1.165, 1.54) is 0 Å². The number of ether oxygens (including phenoxy) is 6. The van der Waals surface area contributed by atoms with Gasteiger partial charge in [0.25, 0.3) is 0 Å². The number of nitrogens with zero attached hydrogens (tertiary/aromatic N) is 1. The maximum atomic E-state index is 13.6. The quantitative estimate of drug-likeness (QED) is 0.0324. The molecule has 13 heteroatoms. The molecule has 0 unspecified atom stereocenters. The second-order valence-electron chi connectivity index (χ2n) is 15.1. The van der Waals surface area contributed by atoms with Gasteiger partial charge in [0.2, 0.25) is 23.3 Å². The van der Waals surface area contributed by atoms with Crippen molar-refractivity contribution in [3.63, 3.8) is 0 Å². The van der Waals surface area contributed by atoms with Crippen molar-refractivity contribution in [2.45, 2.75) is 78.2 Å². The van der Waals surface area contributed by atoms with E-state index >= 15 is 0 Å². The lowest BCUT2D eigenvalue weighted by molar-refractivity contribution is -0.138. The number of unbranched alkanes of at least 4 members (excludes halogenated alkanes) is 6. The predicted octanol–water partition coefficient (Wildman–Crippen LogP) is 10.0. The Bertz CT molecular complexity index is 2200. The molecule has 0 bridgehead atoms. The summed E-state index contributed by atoms with van der Waals surface area (Å²) in [6.07, 6.45) is 9.72. The largest absolute Gasteiger partial charge is 0.494 e. The number of fused-ring (bicyclic) bond motifs is 2. The van der Waals surface area contributed by atoms with Crippen molar-refractivity contribution in [3.05, 3.63) is 109 Å². The Kier molecular flexibility index (Phi) is 17.4. The maximum absolute atomic E-state index is 13.6. The van der Waals surface area contributed by atoms with Gasteiger partial charge in [0.1, 0.15) is 11.5 Å². The molecule has 5 aromatic rings. The minimum absolute atomic E-state index is 0.165. The Hall–Kier alpha value is -6.76. The Morgan fingerprint density at radius 3 is 1.35 bits per heavy atom. The maximum Gasteiger partial charge on any atom is 0.343 e. The summed E-state index contributed by atoms with van der Waals surface area (Å²) in [7, 11) is 0. The Balaban J connectivity index is 1.21. The highest BCUT2D eigenvalue weighted by Crippen LogP contribution is 2.48. The van der Waals surface area contributed by atoms with Crippen molar-refractivity contribution in [1.29, 1.82) is 0 Å². The molecule has 0 aliphatic heterocycles. The van der Waals surface area contributed by atoms with Crippen LogP contribution >= 0.6 is 0 Å². The standard InChI is InChI=1S/C49H55NO12/c1-5-42(51)59-27-13-9-7-11-25-57-40-21-19-34-29-38(17-15-36(34)31-40)48(55)61-44-45(47(54)50(46(44)53)24-23-33(3)4)62-49(56)39-18-16-37-32-41(22-20-35(37)30-39)58-26-12-8-10-14-28-60-43(52)6-2/h5-6,15-22,29-33,53-54H,1-2,7-14,23-28H2,3-4H3. The van der Waals surface area contributed by atoms with Crippen LogP contribution in [0.25, 0.3) is 21.5 Å². The normalized spacial score (nSPS) is 11.0. The molecule has 0 spiro atoms. The van der Waals surface area contributed by atoms with E-state index in [4.69, 9.17) is 28.4 Å². The fourth-order valence-corrected chi connectivity index (χ4v) is 6.47. The lowest BCUT2D eigenvalue weighted by Gasteiger charge is -2.10. The van der Waals surface area contributed by atoms with Gasteiger partial charge < -0.3 is 38.6 Å². The molecule has 13 nitrogen and oxygen atoms in total. The number of esters is 4. The molecule has 4 aromatic carbocycles. The van der Waals surface area contributed by atoms with Crippen molar-refractivity contribution in [2.75, 3.05) is 26.4 Å². The Morgan fingerprint density at radius 1 is 0.565 bits per heavy atom. The molecule has 2 N–H and O–H groups in total. The summed E-state index contributed by atoms with van der Waals surface area (Å²) in [6.45, 7) is 12.7. The molecule has 0 amide bonds. The van der Waals surface area contributed by atoms with Gasteiger partial charge in [-0.2, -0.15) is 0 Å². The van der Waals surface area contributed by atoms with Crippen LogP contribution in [0.4, 0.5) is 0 Å². The van der Waals surface area contributed by atoms with Crippen molar-refractivity contribution < 1.29 is 57.8 Å². The third kappa shape index (κ3) is 13.4. The lowest BCUT2D eigenvalue weighted by Crippen LogP contribution is -2.12. The highest BCUT2D eigenvalue weighted by Gasteiger charge is 2.30. The number of benzene rings is 4. The topological polar surface area (TPSA) is 169 Å². The van der Waals surface area contributed by atoms with Gasteiger partial charge >= 0.3 is 23.9 Å². The minimum Gasteiger partial charge on any atom is -0.494 e. The van der Waals surface area contributed by atoms with E-state index in [2.05, 4.69) is 13.2 Å². The van der Waals surface area contributed by atoms with E-state index in [0.29, 0.717) is 44.3 Å². The van der Waals surface area contributed by atoms with Crippen LogP contribution in [0.1, 0.15) is 92.4 Å². The van der Waals surface area contributed by atoms with E-state index in [-0.39, 0.29) is 23.6 Å². The minimum atomic E-state index is -0.838. The molecular weight excluding hydrogens is 795 g/mol. The first-order chi connectivity index (χ1) is 30.0. The highest BCUT2D eigenvalue weighted by molar-refractivity contribution is 5.99. The molecule has 0 aliphatic rings. The van der Waals surface area contributed by atoms with Crippen LogP contribution in [0, 0.1) is 5.92 Å². The molecule has 328 valence electrons. The fourth-order valence-electron chi connectivity index (χ4n) is 6.47. The molecule has 0 radical (unpaired) electrons. The molecule has 0 saturated heterocycles. The van der Waals surface area contributed by atoms with Crippen LogP contribution in [0.15, 0.2) is 98.1 Å². The highest BCUT2D eigenvalue weighted by atomic mass is 16.6. The SMILES string of the molecule is C=CC(=O)OCCCCCCOc1ccc2cc(C(=O)Oc3c(OC(=O)c4ccc5cc(OCCCCCCOC(=O)C=C)ccc5c4)c(O)n(CCC(C)C)c3O)ccc2c1. The summed E-state index contributed by atoms with van der Waals surface area (Å²) in [5.41, 5.74) is 0.329. The second-order valence-corrected chi connectivity index (χ2v) is 15.1. The number of hydrogen-bond donors (Lipinski definition) is 2. The molecule has 0 atom stereocenters. The summed E-state index contributed by atoms with van der Waals surface area (Å²) in [6, 6.07) is 20.9.